The quantitative estimate of drug-likeness (QED) is 0.537. The molecule has 2 heterocycles. The molecule has 0 bridgehead atoms. The van der Waals surface area contributed by atoms with Gasteiger partial charge in [0.25, 0.3) is 5.89 Å². The number of nitrogens with zero attached hydrogens (tertiary/aromatic N) is 4. The van der Waals surface area contributed by atoms with Gasteiger partial charge < -0.3 is 14.0 Å². The molecular formula is C20H18N4O3. The lowest BCUT2D eigenvalue weighted by molar-refractivity contribution is 0.391. The molecule has 27 heavy (non-hydrogen) atoms. The first-order valence-corrected chi connectivity index (χ1v) is 8.34. The van der Waals surface area contributed by atoms with Crippen LogP contribution in [0.25, 0.3) is 34.1 Å². The molecule has 4 rings (SSSR count). The van der Waals surface area contributed by atoms with Gasteiger partial charge in [-0.15, -0.1) is 0 Å². The number of rotatable bonds is 5. The van der Waals surface area contributed by atoms with Crippen LogP contribution in [0.15, 0.2) is 59.3 Å². The van der Waals surface area contributed by atoms with Crippen LogP contribution in [0.4, 0.5) is 0 Å². The Labute approximate surface area is 156 Å². The lowest BCUT2D eigenvalue weighted by atomic mass is 10.1. The number of methoxy groups -OCH3 is 2. The highest BCUT2D eigenvalue weighted by atomic mass is 16.5. The first kappa shape index (κ1) is 16.8. The zero-order chi connectivity index (χ0) is 18.8. The SMILES string of the molecule is COc1ccc(-c2nc(-c3cccc(-c4ccnn4C)c3)no2)c(OC)c1. The van der Waals surface area contributed by atoms with Crippen molar-refractivity contribution >= 4 is 0 Å². The van der Waals surface area contributed by atoms with E-state index in [0.29, 0.717) is 28.8 Å². The molecule has 2 aromatic heterocycles. The molecule has 0 amide bonds. The minimum Gasteiger partial charge on any atom is -0.497 e. The van der Waals surface area contributed by atoms with Crippen molar-refractivity contribution in [2.24, 2.45) is 7.05 Å². The Kier molecular flexibility index (Phi) is 4.33. The van der Waals surface area contributed by atoms with Crippen molar-refractivity contribution in [1.82, 2.24) is 19.9 Å². The Morgan fingerprint density at radius 3 is 2.56 bits per heavy atom. The van der Waals surface area contributed by atoms with Crippen molar-refractivity contribution < 1.29 is 14.0 Å². The second kappa shape index (κ2) is 6.95. The predicted molar refractivity (Wildman–Crippen MR) is 100 cm³/mol. The highest BCUT2D eigenvalue weighted by Gasteiger charge is 2.16. The maximum atomic E-state index is 5.48. The Hall–Kier alpha value is -3.61. The second-order valence-electron chi connectivity index (χ2n) is 5.91. The van der Waals surface area contributed by atoms with Gasteiger partial charge in [-0.2, -0.15) is 10.1 Å². The van der Waals surface area contributed by atoms with E-state index in [4.69, 9.17) is 14.0 Å². The van der Waals surface area contributed by atoms with Crippen molar-refractivity contribution in [1.29, 1.82) is 0 Å². The van der Waals surface area contributed by atoms with Gasteiger partial charge in [-0.05, 0) is 24.3 Å². The molecular weight excluding hydrogens is 344 g/mol. The van der Waals surface area contributed by atoms with E-state index < -0.39 is 0 Å². The fourth-order valence-electron chi connectivity index (χ4n) is 2.90. The molecule has 7 heteroatoms. The Morgan fingerprint density at radius 1 is 0.963 bits per heavy atom. The lowest BCUT2D eigenvalue weighted by Gasteiger charge is -2.07. The maximum Gasteiger partial charge on any atom is 0.262 e. The summed E-state index contributed by atoms with van der Waals surface area (Å²) in [6.45, 7) is 0. The van der Waals surface area contributed by atoms with Crippen LogP contribution in [-0.2, 0) is 7.05 Å². The molecule has 2 aromatic carbocycles. The molecule has 4 aromatic rings. The molecule has 0 fully saturated rings. The van der Waals surface area contributed by atoms with Crippen LogP contribution in [0.1, 0.15) is 0 Å². The van der Waals surface area contributed by atoms with E-state index in [9.17, 15) is 0 Å². The average molecular weight is 362 g/mol. The fourth-order valence-corrected chi connectivity index (χ4v) is 2.90. The number of hydrogen-bond acceptors (Lipinski definition) is 6. The summed E-state index contributed by atoms with van der Waals surface area (Å²) < 4.78 is 17.9. The average Bonchev–Trinajstić information content (AvgIpc) is 3.37. The number of hydrogen-bond donors (Lipinski definition) is 0. The Balaban J connectivity index is 1.71. The molecule has 136 valence electrons. The van der Waals surface area contributed by atoms with Gasteiger partial charge >= 0.3 is 0 Å². The van der Waals surface area contributed by atoms with Crippen molar-refractivity contribution in [3.63, 3.8) is 0 Å². The molecule has 0 aliphatic heterocycles. The van der Waals surface area contributed by atoms with Gasteiger partial charge in [-0.3, -0.25) is 4.68 Å². The molecule has 0 radical (unpaired) electrons. The molecule has 0 saturated carbocycles. The zero-order valence-electron chi connectivity index (χ0n) is 15.2. The van der Waals surface area contributed by atoms with Crippen LogP contribution in [-0.4, -0.2) is 34.1 Å². The van der Waals surface area contributed by atoms with Gasteiger partial charge in [0.1, 0.15) is 11.5 Å². The van der Waals surface area contributed by atoms with Crippen LogP contribution in [0.2, 0.25) is 0 Å². The first-order valence-electron chi connectivity index (χ1n) is 8.34. The van der Waals surface area contributed by atoms with Crippen LogP contribution in [0.3, 0.4) is 0 Å². The minimum atomic E-state index is 0.385. The predicted octanol–water partition coefficient (Wildman–Crippen LogP) is 3.82. The van der Waals surface area contributed by atoms with Crippen LogP contribution in [0, 0.1) is 0 Å². The summed E-state index contributed by atoms with van der Waals surface area (Å²) in [6, 6.07) is 15.3. The zero-order valence-corrected chi connectivity index (χ0v) is 15.2. The molecule has 0 aliphatic rings. The van der Waals surface area contributed by atoms with Gasteiger partial charge in [0.2, 0.25) is 5.82 Å². The summed E-state index contributed by atoms with van der Waals surface area (Å²) >= 11 is 0. The largest absolute Gasteiger partial charge is 0.497 e. The normalized spacial score (nSPS) is 10.8. The molecule has 7 nitrogen and oxygen atoms in total. The smallest absolute Gasteiger partial charge is 0.262 e. The molecule has 0 aliphatic carbocycles. The molecule has 0 spiro atoms. The highest BCUT2D eigenvalue weighted by molar-refractivity contribution is 5.70. The molecule has 0 N–H and O–H groups in total. The number of aryl methyl sites for hydroxylation is 1. The summed E-state index contributed by atoms with van der Waals surface area (Å²) in [5.74, 6) is 2.19. The van der Waals surface area contributed by atoms with E-state index in [1.807, 2.05) is 54.2 Å². The van der Waals surface area contributed by atoms with E-state index in [1.165, 1.54) is 0 Å². The number of aromatic nitrogens is 4. The maximum absolute atomic E-state index is 5.48. The third-order valence-electron chi connectivity index (χ3n) is 4.30. The van der Waals surface area contributed by atoms with Crippen LogP contribution >= 0.6 is 0 Å². The summed E-state index contributed by atoms with van der Waals surface area (Å²) in [4.78, 5) is 4.54. The summed E-state index contributed by atoms with van der Waals surface area (Å²) in [5, 5.41) is 8.35. The van der Waals surface area contributed by atoms with Crippen molar-refractivity contribution in [3.05, 3.63) is 54.7 Å². The van der Waals surface area contributed by atoms with Gasteiger partial charge in [0.15, 0.2) is 0 Å². The number of benzene rings is 2. The fraction of sp³-hybridized carbons (Fsp3) is 0.150. The first-order chi connectivity index (χ1) is 13.2. The summed E-state index contributed by atoms with van der Waals surface area (Å²) in [7, 11) is 5.10. The van der Waals surface area contributed by atoms with E-state index in [-0.39, 0.29) is 0 Å². The van der Waals surface area contributed by atoms with Gasteiger partial charge in [-0.25, -0.2) is 0 Å². The monoisotopic (exact) mass is 362 g/mol. The minimum absolute atomic E-state index is 0.385. The Bertz CT molecular complexity index is 1080. The van der Waals surface area contributed by atoms with Crippen molar-refractivity contribution in [2.75, 3.05) is 14.2 Å². The lowest BCUT2D eigenvalue weighted by Crippen LogP contribution is -1.93. The molecule has 0 saturated heterocycles. The van der Waals surface area contributed by atoms with Crippen molar-refractivity contribution in [2.45, 2.75) is 0 Å². The summed E-state index contributed by atoms with van der Waals surface area (Å²) in [5.41, 5.74) is 3.61. The third-order valence-corrected chi connectivity index (χ3v) is 4.30. The second-order valence-corrected chi connectivity index (χ2v) is 5.91. The highest BCUT2D eigenvalue weighted by Crippen LogP contribution is 2.33. The van der Waals surface area contributed by atoms with Crippen LogP contribution in [0.5, 0.6) is 11.5 Å². The van der Waals surface area contributed by atoms with E-state index in [0.717, 1.165) is 16.8 Å². The van der Waals surface area contributed by atoms with E-state index in [2.05, 4.69) is 15.2 Å². The summed E-state index contributed by atoms with van der Waals surface area (Å²) in [6.07, 6.45) is 1.77. The third kappa shape index (κ3) is 3.15. The van der Waals surface area contributed by atoms with E-state index in [1.54, 1.807) is 26.5 Å². The van der Waals surface area contributed by atoms with Gasteiger partial charge in [-0.1, -0.05) is 23.4 Å². The van der Waals surface area contributed by atoms with Gasteiger partial charge in [0, 0.05) is 30.4 Å². The topological polar surface area (TPSA) is 75.2 Å². The van der Waals surface area contributed by atoms with Gasteiger partial charge in [0.05, 0.1) is 25.5 Å². The van der Waals surface area contributed by atoms with Crippen LogP contribution < -0.4 is 9.47 Å². The molecule has 0 unspecified atom stereocenters. The molecule has 0 atom stereocenters. The van der Waals surface area contributed by atoms with Crippen molar-refractivity contribution in [3.8, 4) is 45.6 Å². The number of ether oxygens (including phenoxy) is 2. The Morgan fingerprint density at radius 2 is 1.81 bits per heavy atom. The standard InChI is InChI=1S/C20H18N4O3/c1-24-17(9-10-21-24)13-5-4-6-14(11-13)19-22-20(27-23-19)16-8-7-15(25-2)12-18(16)26-3/h4-12H,1-3H3. The van der Waals surface area contributed by atoms with E-state index >= 15 is 0 Å².